The van der Waals surface area contributed by atoms with Crippen molar-refractivity contribution in [3.63, 3.8) is 0 Å². The normalized spacial score (nSPS) is 11.3. The fourth-order valence-corrected chi connectivity index (χ4v) is 2.23. The molecule has 3 N–H and O–H groups in total. The van der Waals surface area contributed by atoms with Crippen molar-refractivity contribution in [3.8, 4) is 11.3 Å². The molecule has 0 spiro atoms. The largest absolute Gasteiger partial charge is 0.416 e. The van der Waals surface area contributed by atoms with E-state index in [1.807, 2.05) is 0 Å². The van der Waals surface area contributed by atoms with Crippen LogP contribution in [0, 0.1) is 0 Å². The Balaban J connectivity index is 1.93. The van der Waals surface area contributed by atoms with E-state index in [9.17, 15) is 13.2 Å². The van der Waals surface area contributed by atoms with E-state index in [0.29, 0.717) is 28.3 Å². The predicted molar refractivity (Wildman–Crippen MR) is 86.6 cm³/mol. The van der Waals surface area contributed by atoms with Crippen molar-refractivity contribution in [3.05, 3.63) is 66.4 Å². The second-order valence-electron chi connectivity index (χ2n) is 5.11. The van der Waals surface area contributed by atoms with E-state index in [-0.39, 0.29) is 0 Å². The lowest BCUT2D eigenvalue weighted by Crippen LogP contribution is -2.04. The zero-order chi connectivity index (χ0) is 17.2. The molecular formula is C17H13F3N4. The number of alkyl halides is 3. The third-order valence-corrected chi connectivity index (χ3v) is 3.38. The molecule has 0 fully saturated rings. The standard InChI is InChI=1S/C17H13F3N4/c18-17(19,20)11-3-6-13(7-4-11)23-15-8-5-12(21)10-14(15)16-2-1-9-22-24-16/h1-10,23H,21H2. The molecular weight excluding hydrogens is 317 g/mol. The number of nitrogens with zero attached hydrogens (tertiary/aromatic N) is 2. The van der Waals surface area contributed by atoms with E-state index in [2.05, 4.69) is 15.5 Å². The summed E-state index contributed by atoms with van der Waals surface area (Å²) in [4.78, 5) is 0. The molecule has 0 amide bonds. The molecule has 0 aliphatic carbocycles. The summed E-state index contributed by atoms with van der Waals surface area (Å²) in [7, 11) is 0. The van der Waals surface area contributed by atoms with Crippen molar-refractivity contribution in [2.24, 2.45) is 0 Å². The van der Waals surface area contributed by atoms with E-state index in [4.69, 9.17) is 5.73 Å². The average Bonchev–Trinajstić information content (AvgIpc) is 2.57. The molecule has 1 heterocycles. The smallest absolute Gasteiger partial charge is 0.399 e. The first-order valence-electron chi connectivity index (χ1n) is 7.05. The van der Waals surface area contributed by atoms with Crippen molar-refractivity contribution < 1.29 is 13.2 Å². The van der Waals surface area contributed by atoms with Gasteiger partial charge in [-0.3, -0.25) is 0 Å². The highest BCUT2D eigenvalue weighted by molar-refractivity contribution is 5.81. The van der Waals surface area contributed by atoms with E-state index < -0.39 is 11.7 Å². The Hall–Kier alpha value is -3.09. The molecule has 3 aromatic rings. The van der Waals surface area contributed by atoms with E-state index in [1.54, 1.807) is 36.5 Å². The highest BCUT2D eigenvalue weighted by Gasteiger charge is 2.29. The third kappa shape index (κ3) is 3.45. The molecule has 0 bridgehead atoms. The molecule has 0 aliphatic heterocycles. The monoisotopic (exact) mass is 330 g/mol. The number of halogens is 3. The van der Waals surface area contributed by atoms with E-state index in [1.165, 1.54) is 12.1 Å². The second-order valence-corrected chi connectivity index (χ2v) is 5.11. The summed E-state index contributed by atoms with van der Waals surface area (Å²) in [6.07, 6.45) is -2.80. The van der Waals surface area contributed by atoms with Gasteiger partial charge in [0, 0.05) is 28.8 Å². The highest BCUT2D eigenvalue weighted by Crippen LogP contribution is 2.33. The van der Waals surface area contributed by atoms with Crippen LogP contribution in [-0.2, 0) is 6.18 Å². The first-order chi connectivity index (χ1) is 11.4. The number of hydrogen-bond acceptors (Lipinski definition) is 4. The summed E-state index contributed by atoms with van der Waals surface area (Å²) in [5, 5.41) is 11.0. The molecule has 7 heteroatoms. The van der Waals surface area contributed by atoms with Gasteiger partial charge < -0.3 is 11.1 Å². The van der Waals surface area contributed by atoms with Gasteiger partial charge in [0.2, 0.25) is 0 Å². The minimum atomic E-state index is -4.36. The van der Waals surface area contributed by atoms with Gasteiger partial charge in [-0.15, -0.1) is 0 Å². The maximum atomic E-state index is 12.6. The summed E-state index contributed by atoms with van der Waals surface area (Å²) in [6.45, 7) is 0. The van der Waals surface area contributed by atoms with Gasteiger partial charge in [-0.25, -0.2) is 0 Å². The Kier molecular flexibility index (Phi) is 4.07. The Morgan fingerprint density at radius 1 is 0.958 bits per heavy atom. The maximum Gasteiger partial charge on any atom is 0.416 e. The van der Waals surface area contributed by atoms with Gasteiger partial charge in [0.15, 0.2) is 0 Å². The van der Waals surface area contributed by atoms with Crippen molar-refractivity contribution >= 4 is 17.1 Å². The van der Waals surface area contributed by atoms with Crippen LogP contribution in [0.5, 0.6) is 0 Å². The topological polar surface area (TPSA) is 63.8 Å². The van der Waals surface area contributed by atoms with Crippen LogP contribution in [0.15, 0.2) is 60.8 Å². The number of benzene rings is 2. The fourth-order valence-electron chi connectivity index (χ4n) is 2.23. The van der Waals surface area contributed by atoms with Crippen molar-refractivity contribution in [2.75, 3.05) is 11.1 Å². The minimum absolute atomic E-state index is 0.526. The van der Waals surface area contributed by atoms with Gasteiger partial charge in [0.1, 0.15) is 0 Å². The molecule has 0 unspecified atom stereocenters. The number of hydrogen-bond donors (Lipinski definition) is 2. The predicted octanol–water partition coefficient (Wildman–Crippen LogP) is 4.49. The lowest BCUT2D eigenvalue weighted by Gasteiger charge is -2.13. The third-order valence-electron chi connectivity index (χ3n) is 3.38. The van der Waals surface area contributed by atoms with Crippen LogP contribution in [0.1, 0.15) is 5.56 Å². The number of anilines is 3. The van der Waals surface area contributed by atoms with Crippen molar-refractivity contribution in [1.29, 1.82) is 0 Å². The number of nitrogens with one attached hydrogen (secondary N) is 1. The number of aromatic nitrogens is 2. The SMILES string of the molecule is Nc1ccc(Nc2ccc(C(F)(F)F)cc2)c(-c2cccnn2)c1. The zero-order valence-corrected chi connectivity index (χ0v) is 12.4. The Morgan fingerprint density at radius 2 is 1.71 bits per heavy atom. The molecule has 0 aliphatic rings. The molecule has 0 radical (unpaired) electrons. The minimum Gasteiger partial charge on any atom is -0.399 e. The van der Waals surface area contributed by atoms with Crippen LogP contribution in [0.3, 0.4) is 0 Å². The van der Waals surface area contributed by atoms with Crippen LogP contribution in [0.25, 0.3) is 11.3 Å². The average molecular weight is 330 g/mol. The molecule has 0 atom stereocenters. The summed E-state index contributed by atoms with van der Waals surface area (Å²) < 4.78 is 37.9. The molecule has 2 aromatic carbocycles. The fraction of sp³-hybridized carbons (Fsp3) is 0.0588. The van der Waals surface area contributed by atoms with Gasteiger partial charge in [-0.1, -0.05) is 0 Å². The summed E-state index contributed by atoms with van der Waals surface area (Å²) in [5.74, 6) is 0. The molecule has 0 saturated carbocycles. The quantitative estimate of drug-likeness (QED) is 0.695. The zero-order valence-electron chi connectivity index (χ0n) is 12.4. The number of nitrogen functional groups attached to an aromatic ring is 1. The summed E-state index contributed by atoms with van der Waals surface area (Å²) in [6, 6.07) is 13.5. The van der Waals surface area contributed by atoms with Crippen molar-refractivity contribution in [2.45, 2.75) is 6.18 Å². The lowest BCUT2D eigenvalue weighted by molar-refractivity contribution is -0.137. The van der Waals surface area contributed by atoms with Gasteiger partial charge in [-0.2, -0.15) is 23.4 Å². The van der Waals surface area contributed by atoms with Crippen molar-refractivity contribution in [1.82, 2.24) is 10.2 Å². The van der Waals surface area contributed by atoms with Crippen LogP contribution in [-0.4, -0.2) is 10.2 Å². The van der Waals surface area contributed by atoms with Crippen LogP contribution in [0.2, 0.25) is 0 Å². The maximum absolute atomic E-state index is 12.6. The van der Waals surface area contributed by atoms with Crippen LogP contribution >= 0.6 is 0 Å². The van der Waals surface area contributed by atoms with E-state index in [0.717, 1.165) is 12.1 Å². The Morgan fingerprint density at radius 3 is 2.33 bits per heavy atom. The molecule has 24 heavy (non-hydrogen) atoms. The van der Waals surface area contributed by atoms with Gasteiger partial charge in [-0.05, 0) is 54.6 Å². The number of nitrogens with two attached hydrogens (primary N) is 1. The first kappa shape index (κ1) is 15.8. The molecule has 0 saturated heterocycles. The van der Waals surface area contributed by atoms with Gasteiger partial charge >= 0.3 is 6.18 Å². The molecule has 1 aromatic heterocycles. The Bertz CT molecular complexity index is 831. The van der Waals surface area contributed by atoms with Gasteiger partial charge in [0.05, 0.1) is 11.3 Å². The number of rotatable bonds is 3. The van der Waals surface area contributed by atoms with Crippen LogP contribution < -0.4 is 11.1 Å². The molecule has 4 nitrogen and oxygen atoms in total. The Labute approximate surface area is 136 Å². The summed E-state index contributed by atoms with van der Waals surface area (Å²) in [5.41, 5.74) is 8.20. The second kappa shape index (κ2) is 6.19. The first-order valence-corrected chi connectivity index (χ1v) is 7.05. The lowest BCUT2D eigenvalue weighted by atomic mass is 10.1. The molecule has 122 valence electrons. The molecule has 3 rings (SSSR count). The van der Waals surface area contributed by atoms with Crippen LogP contribution in [0.4, 0.5) is 30.2 Å². The van der Waals surface area contributed by atoms with Gasteiger partial charge in [0.25, 0.3) is 0 Å². The van der Waals surface area contributed by atoms with E-state index >= 15 is 0 Å². The highest BCUT2D eigenvalue weighted by atomic mass is 19.4. The summed E-state index contributed by atoms with van der Waals surface area (Å²) >= 11 is 0.